The van der Waals surface area contributed by atoms with Gasteiger partial charge in [-0.3, -0.25) is 9.59 Å². The maximum Gasteiger partial charge on any atom is 0.227 e. The summed E-state index contributed by atoms with van der Waals surface area (Å²) in [6.07, 6.45) is 2.03. The lowest BCUT2D eigenvalue weighted by molar-refractivity contribution is -0.142. The summed E-state index contributed by atoms with van der Waals surface area (Å²) in [4.78, 5) is 26.4. The molecule has 2 amide bonds. The molecule has 0 aromatic heterocycles. The molecule has 0 saturated carbocycles. The first kappa shape index (κ1) is 18.9. The molecule has 0 aromatic rings. The van der Waals surface area contributed by atoms with Crippen LogP contribution in [0.3, 0.4) is 0 Å². The zero-order valence-electron chi connectivity index (χ0n) is 14.7. The van der Waals surface area contributed by atoms with E-state index in [4.69, 9.17) is 0 Å². The molecule has 1 fully saturated rings. The average molecular weight is 312 g/mol. The third-order valence-corrected chi connectivity index (χ3v) is 4.51. The molecular formula is C17H32N2O3. The number of nitrogens with zero attached hydrogens (tertiary/aromatic N) is 1. The predicted molar refractivity (Wildman–Crippen MR) is 87.2 cm³/mol. The second-order valence-electron chi connectivity index (χ2n) is 7.54. The van der Waals surface area contributed by atoms with Crippen molar-refractivity contribution in [1.82, 2.24) is 10.2 Å². The smallest absolute Gasteiger partial charge is 0.227 e. The fourth-order valence-corrected chi connectivity index (χ4v) is 2.67. The van der Waals surface area contributed by atoms with Gasteiger partial charge in [-0.05, 0) is 18.8 Å². The van der Waals surface area contributed by atoms with E-state index in [2.05, 4.69) is 5.32 Å². The lowest BCUT2D eigenvalue weighted by Crippen LogP contribution is -2.49. The molecule has 3 unspecified atom stereocenters. The number of carbonyl (C=O) groups is 2. The van der Waals surface area contributed by atoms with Crippen LogP contribution in [0, 0.1) is 17.3 Å². The van der Waals surface area contributed by atoms with Crippen LogP contribution in [0.15, 0.2) is 0 Å². The van der Waals surface area contributed by atoms with Crippen molar-refractivity contribution in [3.8, 4) is 0 Å². The summed E-state index contributed by atoms with van der Waals surface area (Å²) in [5, 5.41) is 12.8. The average Bonchev–Trinajstić information content (AvgIpc) is 2.49. The summed E-state index contributed by atoms with van der Waals surface area (Å²) < 4.78 is 0. The molecule has 5 nitrogen and oxygen atoms in total. The Bertz CT molecular complexity index is 390. The van der Waals surface area contributed by atoms with Gasteiger partial charge in [0.25, 0.3) is 0 Å². The minimum Gasteiger partial charge on any atom is -0.391 e. The van der Waals surface area contributed by atoms with E-state index in [0.29, 0.717) is 6.54 Å². The number of amides is 2. The molecule has 22 heavy (non-hydrogen) atoms. The van der Waals surface area contributed by atoms with Crippen molar-refractivity contribution in [2.75, 3.05) is 19.6 Å². The number of hydrogen-bond acceptors (Lipinski definition) is 3. The van der Waals surface area contributed by atoms with Gasteiger partial charge in [0, 0.05) is 25.0 Å². The van der Waals surface area contributed by atoms with Crippen LogP contribution in [0.2, 0.25) is 0 Å². The van der Waals surface area contributed by atoms with Gasteiger partial charge in [-0.15, -0.1) is 0 Å². The van der Waals surface area contributed by atoms with Crippen LogP contribution < -0.4 is 5.32 Å². The van der Waals surface area contributed by atoms with Gasteiger partial charge in [0.1, 0.15) is 0 Å². The summed E-state index contributed by atoms with van der Waals surface area (Å²) in [6, 6.07) is 0. The van der Waals surface area contributed by atoms with Gasteiger partial charge in [0.05, 0.1) is 12.0 Å². The molecule has 1 rings (SSSR count). The molecule has 0 aromatic carbocycles. The van der Waals surface area contributed by atoms with E-state index < -0.39 is 11.5 Å². The van der Waals surface area contributed by atoms with Crippen molar-refractivity contribution >= 4 is 11.8 Å². The van der Waals surface area contributed by atoms with Crippen molar-refractivity contribution in [2.45, 2.75) is 60.0 Å². The Balaban J connectivity index is 2.51. The molecule has 0 radical (unpaired) electrons. The number of hydrogen-bond donors (Lipinski definition) is 2. The lowest BCUT2D eigenvalue weighted by Gasteiger charge is -2.36. The Kier molecular flexibility index (Phi) is 6.85. The van der Waals surface area contributed by atoms with Gasteiger partial charge >= 0.3 is 0 Å². The van der Waals surface area contributed by atoms with Crippen molar-refractivity contribution in [3.63, 3.8) is 0 Å². The summed E-state index contributed by atoms with van der Waals surface area (Å²) in [7, 11) is 0. The third-order valence-electron chi connectivity index (χ3n) is 4.51. The Morgan fingerprint density at radius 3 is 2.55 bits per heavy atom. The zero-order chi connectivity index (χ0) is 16.9. The van der Waals surface area contributed by atoms with E-state index in [9.17, 15) is 14.7 Å². The second kappa shape index (κ2) is 7.95. The second-order valence-corrected chi connectivity index (χ2v) is 7.54. The Morgan fingerprint density at radius 2 is 2.00 bits per heavy atom. The van der Waals surface area contributed by atoms with E-state index in [0.717, 1.165) is 25.8 Å². The van der Waals surface area contributed by atoms with Crippen LogP contribution in [0.1, 0.15) is 53.9 Å². The minimum absolute atomic E-state index is 0.0474. The van der Waals surface area contributed by atoms with Gasteiger partial charge in [0.2, 0.25) is 11.8 Å². The Labute approximate surface area is 134 Å². The molecule has 1 heterocycles. The number of aliphatic hydroxyl groups is 1. The summed E-state index contributed by atoms with van der Waals surface area (Å²) >= 11 is 0. The molecule has 0 spiro atoms. The largest absolute Gasteiger partial charge is 0.391 e. The molecule has 1 aliphatic heterocycles. The number of rotatable bonds is 5. The highest BCUT2D eigenvalue weighted by Crippen LogP contribution is 2.23. The van der Waals surface area contributed by atoms with Gasteiger partial charge < -0.3 is 15.3 Å². The van der Waals surface area contributed by atoms with Crippen LogP contribution in [-0.4, -0.2) is 47.6 Å². The van der Waals surface area contributed by atoms with E-state index in [1.807, 2.05) is 34.6 Å². The van der Waals surface area contributed by atoms with Crippen molar-refractivity contribution in [1.29, 1.82) is 0 Å². The standard InChI is InChI=1S/C17H32N2O3/c1-6-12(2)14(20)10-18-15(21)13-8-7-9-19(11-13)16(22)17(3,4)5/h12-14,20H,6-11H2,1-5H3,(H,18,21). The quantitative estimate of drug-likeness (QED) is 0.813. The number of piperidine rings is 1. The van der Waals surface area contributed by atoms with E-state index >= 15 is 0 Å². The molecule has 0 aliphatic carbocycles. The number of likely N-dealkylation sites (tertiary alicyclic amines) is 1. The highest BCUT2D eigenvalue weighted by atomic mass is 16.3. The summed E-state index contributed by atoms with van der Waals surface area (Å²) in [6.45, 7) is 11.2. The molecule has 0 bridgehead atoms. The first-order valence-corrected chi connectivity index (χ1v) is 8.42. The summed E-state index contributed by atoms with van der Waals surface area (Å²) in [5.41, 5.74) is -0.412. The van der Waals surface area contributed by atoms with Gasteiger partial charge in [-0.2, -0.15) is 0 Å². The molecule has 2 N–H and O–H groups in total. The fraction of sp³-hybridized carbons (Fsp3) is 0.882. The highest BCUT2D eigenvalue weighted by Gasteiger charge is 2.33. The molecule has 1 aliphatic rings. The third kappa shape index (κ3) is 5.27. The monoisotopic (exact) mass is 312 g/mol. The van der Waals surface area contributed by atoms with Crippen LogP contribution >= 0.6 is 0 Å². The van der Waals surface area contributed by atoms with E-state index in [1.54, 1.807) is 4.90 Å². The van der Waals surface area contributed by atoms with E-state index in [1.165, 1.54) is 0 Å². The Morgan fingerprint density at radius 1 is 1.36 bits per heavy atom. The van der Waals surface area contributed by atoms with E-state index in [-0.39, 0.29) is 30.2 Å². The number of nitrogens with one attached hydrogen (secondary N) is 1. The number of carbonyl (C=O) groups excluding carboxylic acids is 2. The maximum atomic E-state index is 12.3. The predicted octanol–water partition coefficient (Wildman–Crippen LogP) is 1.79. The van der Waals surface area contributed by atoms with Crippen molar-refractivity contribution in [3.05, 3.63) is 0 Å². The maximum absolute atomic E-state index is 12.3. The Hall–Kier alpha value is -1.10. The van der Waals surface area contributed by atoms with Gasteiger partial charge in [-0.1, -0.05) is 41.0 Å². The molecule has 128 valence electrons. The van der Waals surface area contributed by atoms with Crippen LogP contribution in [0.25, 0.3) is 0 Å². The first-order chi connectivity index (χ1) is 10.2. The van der Waals surface area contributed by atoms with Crippen LogP contribution in [0.5, 0.6) is 0 Å². The van der Waals surface area contributed by atoms with Gasteiger partial charge in [-0.25, -0.2) is 0 Å². The molecule has 3 atom stereocenters. The first-order valence-electron chi connectivity index (χ1n) is 8.42. The van der Waals surface area contributed by atoms with Crippen LogP contribution in [0.4, 0.5) is 0 Å². The molecule has 1 saturated heterocycles. The molecule has 5 heteroatoms. The zero-order valence-corrected chi connectivity index (χ0v) is 14.7. The van der Waals surface area contributed by atoms with Gasteiger partial charge in [0.15, 0.2) is 0 Å². The van der Waals surface area contributed by atoms with Crippen molar-refractivity contribution in [2.24, 2.45) is 17.3 Å². The highest BCUT2D eigenvalue weighted by molar-refractivity contribution is 5.83. The van der Waals surface area contributed by atoms with Crippen LogP contribution in [-0.2, 0) is 9.59 Å². The van der Waals surface area contributed by atoms with Crippen molar-refractivity contribution < 1.29 is 14.7 Å². The normalized spacial score (nSPS) is 22.1. The lowest BCUT2D eigenvalue weighted by atomic mass is 9.91. The molecular weight excluding hydrogens is 280 g/mol. The number of aliphatic hydroxyl groups excluding tert-OH is 1. The summed E-state index contributed by atoms with van der Waals surface area (Å²) in [5.74, 6) is 0.0632. The SMILES string of the molecule is CCC(C)C(O)CNC(=O)C1CCCN(C(=O)C(C)(C)C)C1. The fourth-order valence-electron chi connectivity index (χ4n) is 2.67. The topological polar surface area (TPSA) is 69.6 Å². The minimum atomic E-state index is -0.509.